The number of phosphoric ester groups is 2. The number of carbonyl (C=O) groups is 4. The van der Waals surface area contributed by atoms with Gasteiger partial charge >= 0.3 is 39.5 Å². The van der Waals surface area contributed by atoms with E-state index < -0.39 is 97.5 Å². The second-order valence-corrected chi connectivity index (χ2v) is 31.3. The molecule has 0 radical (unpaired) electrons. The minimum atomic E-state index is -4.96. The van der Waals surface area contributed by atoms with Crippen LogP contribution in [0.2, 0.25) is 0 Å². The van der Waals surface area contributed by atoms with Crippen LogP contribution in [0.25, 0.3) is 0 Å². The number of aliphatic hydroxyl groups excluding tert-OH is 1. The van der Waals surface area contributed by atoms with Gasteiger partial charge in [-0.25, -0.2) is 9.13 Å². The maximum absolute atomic E-state index is 13.1. The molecule has 5 atom stereocenters. The molecule has 17 nitrogen and oxygen atoms in total. The summed E-state index contributed by atoms with van der Waals surface area (Å²) in [6.07, 6.45) is 55.3. The Bertz CT molecular complexity index is 1840. The number of unbranched alkanes of at least 4 members (excludes halogenated alkanes) is 45. The van der Waals surface area contributed by atoms with Gasteiger partial charge in [-0.05, 0) is 37.5 Å². The Labute approximate surface area is 581 Å². The standard InChI is InChI=1S/C76H148O17P2/c1-7-9-11-13-15-17-19-24-29-35-41-47-53-59-74(79)87-64-71(92-75(80)60-54-48-42-36-30-26-23-21-22-25-27-32-38-44-50-56-68(3)4)66-90-94(82,83)88-62-70(77)63-89-95(84,85)91-67-72(93-76(81)61-55-49-43-37-31-33-39-45-51-57-69(5)6)65-86-73(78)58-52-46-40-34-28-20-18-16-14-12-10-8-2/h68-72,77H,7-67H2,1-6H3,(H,82,83)(H,84,85)/t70-,71-,72-/m1/s1. The molecule has 0 bridgehead atoms. The molecule has 0 spiro atoms. The zero-order valence-corrected chi connectivity index (χ0v) is 63.8. The van der Waals surface area contributed by atoms with Gasteiger partial charge in [-0.3, -0.25) is 37.3 Å². The quantitative estimate of drug-likeness (QED) is 0.0222. The fourth-order valence-electron chi connectivity index (χ4n) is 11.7. The maximum atomic E-state index is 13.1. The van der Waals surface area contributed by atoms with Crippen molar-refractivity contribution in [3.8, 4) is 0 Å². The number of phosphoric acid groups is 2. The summed E-state index contributed by atoms with van der Waals surface area (Å²) in [5, 5.41) is 10.6. The summed E-state index contributed by atoms with van der Waals surface area (Å²) in [6, 6.07) is 0. The summed E-state index contributed by atoms with van der Waals surface area (Å²) in [4.78, 5) is 72.8. The summed E-state index contributed by atoms with van der Waals surface area (Å²) >= 11 is 0. The van der Waals surface area contributed by atoms with Crippen molar-refractivity contribution in [2.45, 2.75) is 413 Å². The molecule has 0 aromatic rings. The highest BCUT2D eigenvalue weighted by Crippen LogP contribution is 2.45. The van der Waals surface area contributed by atoms with Crippen molar-refractivity contribution < 1.29 is 80.2 Å². The van der Waals surface area contributed by atoms with Gasteiger partial charge in [0.05, 0.1) is 26.4 Å². The van der Waals surface area contributed by atoms with Crippen LogP contribution in [0.3, 0.4) is 0 Å². The van der Waals surface area contributed by atoms with Crippen LogP contribution in [0.4, 0.5) is 0 Å². The van der Waals surface area contributed by atoms with Gasteiger partial charge in [-0.2, -0.15) is 0 Å². The SMILES string of the molecule is CCCCCCCCCCCCCCCC(=O)OC[C@H](COP(=O)(O)OC[C@@H](O)COP(=O)(O)OC[C@@H](COC(=O)CCCCCCCCCCCCCC)OC(=O)CCCCCCCCCCCC(C)C)OC(=O)CCCCCCCCCCCCCCCCCC(C)C. The highest BCUT2D eigenvalue weighted by molar-refractivity contribution is 7.47. The first kappa shape index (κ1) is 93.1. The van der Waals surface area contributed by atoms with Crippen LogP contribution in [-0.4, -0.2) is 96.7 Å². The number of hydrogen-bond donors (Lipinski definition) is 3. The van der Waals surface area contributed by atoms with Crippen molar-refractivity contribution >= 4 is 39.5 Å². The van der Waals surface area contributed by atoms with Gasteiger partial charge in [-0.1, -0.05) is 343 Å². The van der Waals surface area contributed by atoms with Crippen molar-refractivity contribution in [1.29, 1.82) is 0 Å². The summed E-state index contributed by atoms with van der Waals surface area (Å²) in [5.41, 5.74) is 0. The van der Waals surface area contributed by atoms with Crippen molar-refractivity contribution in [2.75, 3.05) is 39.6 Å². The second kappa shape index (κ2) is 67.9. The van der Waals surface area contributed by atoms with Crippen LogP contribution in [0.15, 0.2) is 0 Å². The fraction of sp³-hybridized carbons (Fsp3) is 0.947. The Balaban J connectivity index is 5.24. The Morgan fingerprint density at radius 3 is 0.716 bits per heavy atom. The maximum Gasteiger partial charge on any atom is 0.472 e. The normalized spacial score (nSPS) is 14.0. The lowest BCUT2D eigenvalue weighted by Crippen LogP contribution is -2.30. The molecule has 0 fully saturated rings. The Hall–Kier alpha value is -1.94. The molecule has 19 heteroatoms. The highest BCUT2D eigenvalue weighted by Gasteiger charge is 2.30. The van der Waals surface area contributed by atoms with Crippen molar-refractivity contribution in [2.24, 2.45) is 11.8 Å². The Morgan fingerprint density at radius 2 is 0.484 bits per heavy atom. The van der Waals surface area contributed by atoms with E-state index in [1.54, 1.807) is 0 Å². The van der Waals surface area contributed by atoms with Crippen LogP contribution in [0, 0.1) is 11.8 Å². The smallest absolute Gasteiger partial charge is 0.462 e. The predicted molar refractivity (Wildman–Crippen MR) is 386 cm³/mol. The minimum absolute atomic E-state index is 0.106. The molecule has 0 aliphatic carbocycles. The zero-order valence-electron chi connectivity index (χ0n) is 62.0. The zero-order chi connectivity index (χ0) is 70.0. The molecule has 0 amide bonds. The van der Waals surface area contributed by atoms with Gasteiger partial charge in [0.25, 0.3) is 0 Å². The minimum Gasteiger partial charge on any atom is -0.462 e. The molecule has 0 aliphatic rings. The van der Waals surface area contributed by atoms with E-state index in [1.807, 2.05) is 0 Å². The molecule has 0 aliphatic heterocycles. The van der Waals surface area contributed by atoms with Gasteiger partial charge in [-0.15, -0.1) is 0 Å². The van der Waals surface area contributed by atoms with E-state index in [2.05, 4.69) is 41.5 Å². The first-order valence-corrected chi connectivity index (χ1v) is 42.5. The lowest BCUT2D eigenvalue weighted by atomic mass is 10.0. The summed E-state index contributed by atoms with van der Waals surface area (Å²) in [6.45, 7) is 9.60. The van der Waals surface area contributed by atoms with Gasteiger partial charge < -0.3 is 33.8 Å². The van der Waals surface area contributed by atoms with Crippen molar-refractivity contribution in [3.63, 3.8) is 0 Å². The van der Waals surface area contributed by atoms with Gasteiger partial charge in [0, 0.05) is 25.7 Å². The van der Waals surface area contributed by atoms with Crippen molar-refractivity contribution in [1.82, 2.24) is 0 Å². The molecular weight excluding hydrogens is 1250 g/mol. The summed E-state index contributed by atoms with van der Waals surface area (Å²) in [5.74, 6) is -0.574. The Kier molecular flexibility index (Phi) is 66.5. The van der Waals surface area contributed by atoms with Crippen LogP contribution in [-0.2, 0) is 65.4 Å². The molecule has 95 heavy (non-hydrogen) atoms. The van der Waals surface area contributed by atoms with Gasteiger partial charge in [0.1, 0.15) is 19.3 Å². The number of rotatable bonds is 75. The fourth-order valence-corrected chi connectivity index (χ4v) is 13.2. The average Bonchev–Trinajstić information content (AvgIpc) is 2.26. The summed E-state index contributed by atoms with van der Waals surface area (Å²) in [7, 11) is -9.91. The summed E-state index contributed by atoms with van der Waals surface area (Å²) < 4.78 is 68.5. The third kappa shape index (κ3) is 70.3. The van der Waals surface area contributed by atoms with E-state index in [0.29, 0.717) is 25.7 Å². The lowest BCUT2D eigenvalue weighted by Gasteiger charge is -2.21. The number of aliphatic hydroxyl groups is 1. The molecule has 564 valence electrons. The highest BCUT2D eigenvalue weighted by atomic mass is 31.2. The van der Waals surface area contributed by atoms with E-state index in [9.17, 15) is 43.2 Å². The van der Waals surface area contributed by atoms with E-state index in [1.165, 1.54) is 212 Å². The first-order chi connectivity index (χ1) is 45.9. The number of ether oxygens (including phenoxy) is 4. The molecule has 2 unspecified atom stereocenters. The molecule has 0 aromatic heterocycles. The Morgan fingerprint density at radius 1 is 0.284 bits per heavy atom. The predicted octanol–water partition coefficient (Wildman–Crippen LogP) is 22.3. The number of hydrogen-bond acceptors (Lipinski definition) is 15. The molecule has 0 aromatic carbocycles. The van der Waals surface area contributed by atoms with E-state index in [-0.39, 0.29) is 25.7 Å². The number of esters is 4. The van der Waals surface area contributed by atoms with Crippen LogP contribution < -0.4 is 0 Å². The second-order valence-electron chi connectivity index (χ2n) is 28.3. The third-order valence-electron chi connectivity index (χ3n) is 17.7. The molecule has 0 rings (SSSR count). The van der Waals surface area contributed by atoms with Gasteiger partial charge in [0.15, 0.2) is 12.2 Å². The van der Waals surface area contributed by atoms with Crippen LogP contribution in [0.5, 0.6) is 0 Å². The largest absolute Gasteiger partial charge is 0.472 e. The van der Waals surface area contributed by atoms with Crippen molar-refractivity contribution in [3.05, 3.63) is 0 Å². The van der Waals surface area contributed by atoms with E-state index in [0.717, 1.165) is 102 Å². The van der Waals surface area contributed by atoms with E-state index >= 15 is 0 Å². The average molecular weight is 1400 g/mol. The number of carbonyl (C=O) groups excluding carboxylic acids is 4. The molecule has 0 heterocycles. The molecular formula is C76H148O17P2. The van der Waals surface area contributed by atoms with E-state index in [4.69, 9.17) is 37.0 Å². The lowest BCUT2D eigenvalue weighted by molar-refractivity contribution is -0.161. The first-order valence-electron chi connectivity index (χ1n) is 39.5. The topological polar surface area (TPSA) is 237 Å². The molecule has 3 N–H and O–H groups in total. The molecule has 0 saturated heterocycles. The monoisotopic (exact) mass is 1400 g/mol. The van der Waals surface area contributed by atoms with Gasteiger partial charge in [0.2, 0.25) is 0 Å². The van der Waals surface area contributed by atoms with Crippen LogP contribution in [0.1, 0.15) is 395 Å². The van der Waals surface area contributed by atoms with Crippen LogP contribution >= 0.6 is 15.6 Å². The third-order valence-corrected chi connectivity index (χ3v) is 19.6. The molecule has 0 saturated carbocycles.